The molecule has 1 aromatic carbocycles. The molecule has 8 heteroatoms. The summed E-state index contributed by atoms with van der Waals surface area (Å²) in [4.78, 5) is 17.1. The monoisotopic (exact) mass is 393 g/mol. The average molecular weight is 394 g/mol. The highest BCUT2D eigenvalue weighted by atomic mass is 35.5. The third kappa shape index (κ3) is 3.39. The first-order valence-electron chi connectivity index (χ1n) is 6.78. The minimum absolute atomic E-state index is 0.448. The molecule has 2 aromatic heterocycles. The molecule has 0 aliphatic carbocycles. The summed E-state index contributed by atoms with van der Waals surface area (Å²) in [5.41, 5.74) is 8.07. The van der Waals surface area contributed by atoms with Gasteiger partial charge in [-0.3, -0.25) is 10.2 Å². The van der Waals surface area contributed by atoms with Gasteiger partial charge in [-0.1, -0.05) is 23.7 Å². The first-order chi connectivity index (χ1) is 11.5. The summed E-state index contributed by atoms with van der Waals surface area (Å²) in [7, 11) is 0. The minimum atomic E-state index is -0.448. The molecule has 0 aliphatic rings. The number of Topliss-reactive ketones (excluding diaryl/α,β-unsaturated/α-hetero) is 1. The molecule has 0 radical (unpaired) electrons. The van der Waals surface area contributed by atoms with Crippen molar-refractivity contribution < 1.29 is 4.79 Å². The number of thioether (sulfide) groups is 1. The number of thiazole rings is 1. The van der Waals surface area contributed by atoms with E-state index in [0.29, 0.717) is 9.90 Å². The number of ketones is 1. The lowest BCUT2D eigenvalue weighted by Crippen LogP contribution is -2.21. The first-order valence-corrected chi connectivity index (χ1v) is 10.1. The van der Waals surface area contributed by atoms with Gasteiger partial charge in [-0.05, 0) is 24.5 Å². The molecule has 0 amide bonds. The van der Waals surface area contributed by atoms with Crippen molar-refractivity contribution in [3.05, 3.63) is 45.6 Å². The Morgan fingerprint density at radius 2 is 2.04 bits per heavy atom. The maximum atomic E-state index is 11.9. The van der Waals surface area contributed by atoms with Crippen LogP contribution in [0.15, 0.2) is 39.9 Å². The molecule has 0 saturated heterocycles. The molecule has 24 heavy (non-hydrogen) atoms. The number of carbonyl (C=O) groups is 1. The third-order valence-corrected chi connectivity index (χ3v) is 6.62. The standard InChI is InChI=1S/C16H12ClN3OS3/c1-22-16-10(6-12(24-16)13(21)14(18)19)15-20-11(7-23-15)8-2-4-9(17)5-3-8/h2-7H,1H3,(H3,18,19). The van der Waals surface area contributed by atoms with E-state index < -0.39 is 11.6 Å². The van der Waals surface area contributed by atoms with Crippen LogP contribution < -0.4 is 5.73 Å². The van der Waals surface area contributed by atoms with Crippen molar-refractivity contribution in [2.24, 2.45) is 5.73 Å². The van der Waals surface area contributed by atoms with Gasteiger partial charge in [-0.25, -0.2) is 4.98 Å². The zero-order chi connectivity index (χ0) is 17.3. The number of aromatic nitrogens is 1. The lowest BCUT2D eigenvalue weighted by molar-refractivity contribution is 0.106. The van der Waals surface area contributed by atoms with E-state index in [4.69, 9.17) is 22.7 Å². The van der Waals surface area contributed by atoms with Crippen LogP contribution in [0.1, 0.15) is 9.67 Å². The fourth-order valence-electron chi connectivity index (χ4n) is 2.07. The molecule has 3 rings (SSSR count). The quantitative estimate of drug-likeness (QED) is 0.275. The molecule has 122 valence electrons. The molecule has 0 aliphatic heterocycles. The molecule has 0 saturated carbocycles. The number of hydrogen-bond donors (Lipinski definition) is 2. The van der Waals surface area contributed by atoms with Gasteiger partial charge in [0.1, 0.15) is 5.01 Å². The Bertz CT molecular complexity index is 915. The van der Waals surface area contributed by atoms with E-state index in [2.05, 4.69) is 4.98 Å². The highest BCUT2D eigenvalue weighted by molar-refractivity contribution is 8.00. The SMILES string of the molecule is CSc1sc(C(=O)C(=N)N)cc1-c1nc(-c2ccc(Cl)cc2)cs1. The Kier molecular flexibility index (Phi) is 5.05. The maximum Gasteiger partial charge on any atom is 0.237 e. The summed E-state index contributed by atoms with van der Waals surface area (Å²) < 4.78 is 0.983. The van der Waals surface area contributed by atoms with Gasteiger partial charge in [-0.2, -0.15) is 0 Å². The Labute approximate surface area is 156 Å². The van der Waals surface area contributed by atoms with E-state index in [9.17, 15) is 4.79 Å². The van der Waals surface area contributed by atoms with Crippen molar-refractivity contribution in [3.63, 3.8) is 0 Å². The van der Waals surface area contributed by atoms with Crippen molar-refractivity contribution >= 4 is 57.7 Å². The molecular formula is C16H12ClN3OS3. The fraction of sp³-hybridized carbons (Fsp3) is 0.0625. The predicted octanol–water partition coefficient (Wildman–Crippen LogP) is 5.03. The summed E-state index contributed by atoms with van der Waals surface area (Å²) in [5.74, 6) is -0.896. The van der Waals surface area contributed by atoms with Crippen LogP contribution in [-0.2, 0) is 0 Å². The van der Waals surface area contributed by atoms with Crippen molar-refractivity contribution in [1.82, 2.24) is 4.98 Å². The molecule has 0 bridgehead atoms. The van der Waals surface area contributed by atoms with Crippen LogP contribution in [0.4, 0.5) is 0 Å². The summed E-state index contributed by atoms with van der Waals surface area (Å²) in [6.07, 6.45) is 1.95. The average Bonchev–Trinajstić information content (AvgIpc) is 3.21. The first kappa shape index (κ1) is 17.2. The van der Waals surface area contributed by atoms with Gasteiger partial charge in [0, 0.05) is 21.5 Å². The van der Waals surface area contributed by atoms with E-state index in [1.165, 1.54) is 22.7 Å². The summed E-state index contributed by atoms with van der Waals surface area (Å²) >= 11 is 10.3. The number of benzene rings is 1. The van der Waals surface area contributed by atoms with Gasteiger partial charge in [0.15, 0.2) is 5.84 Å². The molecule has 2 heterocycles. The number of halogens is 1. The van der Waals surface area contributed by atoms with Crippen molar-refractivity contribution in [2.45, 2.75) is 4.21 Å². The molecule has 3 aromatic rings. The van der Waals surface area contributed by atoms with E-state index in [-0.39, 0.29) is 0 Å². The predicted molar refractivity (Wildman–Crippen MR) is 104 cm³/mol. The Balaban J connectivity index is 1.99. The number of hydrogen-bond acceptors (Lipinski definition) is 6. The lowest BCUT2D eigenvalue weighted by atomic mass is 10.2. The summed E-state index contributed by atoms with van der Waals surface area (Å²) in [5, 5.41) is 10.8. The molecule has 0 fully saturated rings. The Morgan fingerprint density at radius 1 is 1.33 bits per heavy atom. The molecular weight excluding hydrogens is 382 g/mol. The summed E-state index contributed by atoms with van der Waals surface area (Å²) in [6.45, 7) is 0. The maximum absolute atomic E-state index is 11.9. The zero-order valence-electron chi connectivity index (χ0n) is 12.5. The van der Waals surface area contributed by atoms with Gasteiger partial charge in [0.05, 0.1) is 14.8 Å². The van der Waals surface area contributed by atoms with E-state index >= 15 is 0 Å². The number of nitrogens with two attached hydrogens (primary N) is 1. The normalized spacial score (nSPS) is 10.8. The number of nitrogens with one attached hydrogen (secondary N) is 1. The highest BCUT2D eigenvalue weighted by Gasteiger charge is 2.19. The number of thiophene rings is 1. The van der Waals surface area contributed by atoms with Crippen LogP contribution >= 0.6 is 46.0 Å². The minimum Gasteiger partial charge on any atom is -0.381 e. The van der Waals surface area contributed by atoms with E-state index in [0.717, 1.165) is 26.0 Å². The molecule has 0 atom stereocenters. The largest absolute Gasteiger partial charge is 0.381 e. The van der Waals surface area contributed by atoms with Gasteiger partial charge in [-0.15, -0.1) is 34.4 Å². The fourth-order valence-corrected chi connectivity index (χ4v) is 5.00. The van der Waals surface area contributed by atoms with Crippen molar-refractivity contribution in [1.29, 1.82) is 5.41 Å². The van der Waals surface area contributed by atoms with Crippen LogP contribution in [0, 0.1) is 5.41 Å². The van der Waals surface area contributed by atoms with E-state index in [1.54, 1.807) is 17.8 Å². The van der Waals surface area contributed by atoms with Gasteiger partial charge < -0.3 is 5.73 Å². The molecule has 0 spiro atoms. The summed E-state index contributed by atoms with van der Waals surface area (Å²) in [6, 6.07) is 9.28. The number of nitrogens with zero attached hydrogens (tertiary/aromatic N) is 1. The smallest absolute Gasteiger partial charge is 0.237 e. The van der Waals surface area contributed by atoms with Crippen LogP contribution in [-0.4, -0.2) is 22.9 Å². The third-order valence-electron chi connectivity index (χ3n) is 3.23. The van der Waals surface area contributed by atoms with Crippen molar-refractivity contribution in [3.8, 4) is 21.8 Å². The van der Waals surface area contributed by atoms with Crippen LogP contribution in [0.2, 0.25) is 5.02 Å². The second-order valence-corrected chi connectivity index (χ2v) is 8.23. The number of amidine groups is 1. The Morgan fingerprint density at radius 3 is 2.67 bits per heavy atom. The number of carbonyl (C=O) groups excluding carboxylic acids is 1. The lowest BCUT2D eigenvalue weighted by Gasteiger charge is -1.97. The van der Waals surface area contributed by atoms with Gasteiger partial charge in [0.2, 0.25) is 5.78 Å². The van der Waals surface area contributed by atoms with Crippen LogP contribution in [0.5, 0.6) is 0 Å². The second kappa shape index (κ2) is 7.06. The topological polar surface area (TPSA) is 79.8 Å². The number of rotatable bonds is 5. The second-order valence-electron chi connectivity index (χ2n) is 4.80. The highest BCUT2D eigenvalue weighted by Crippen LogP contribution is 2.40. The zero-order valence-corrected chi connectivity index (χ0v) is 15.7. The molecule has 0 unspecified atom stereocenters. The molecule has 3 N–H and O–H groups in total. The van der Waals surface area contributed by atoms with Crippen LogP contribution in [0.3, 0.4) is 0 Å². The van der Waals surface area contributed by atoms with Gasteiger partial charge in [0.25, 0.3) is 0 Å². The molecule has 4 nitrogen and oxygen atoms in total. The van der Waals surface area contributed by atoms with Gasteiger partial charge >= 0.3 is 0 Å². The van der Waals surface area contributed by atoms with Crippen molar-refractivity contribution in [2.75, 3.05) is 6.26 Å². The Hall–Kier alpha value is -1.67. The van der Waals surface area contributed by atoms with Crippen LogP contribution in [0.25, 0.3) is 21.8 Å². The van der Waals surface area contributed by atoms with E-state index in [1.807, 2.05) is 35.9 Å².